The SMILES string of the molecule is O=c1c2ccccc2n(-c2cccc(-c3ccc(N(c4ccc(-c5ccccc5)cc4)c4ccc(-c5cccc(-c6ccccc6)c5)cc4)cc3)c2)c2ccccc12. The number of hydrogen-bond donors (Lipinski definition) is 0. The maximum Gasteiger partial charge on any atom is 0.197 e. The molecule has 1 aromatic heterocycles. The van der Waals surface area contributed by atoms with Crippen LogP contribution in [0.3, 0.4) is 0 Å². The quantitative estimate of drug-likeness (QED) is 0.145. The molecule has 0 radical (unpaired) electrons. The summed E-state index contributed by atoms with van der Waals surface area (Å²) in [5, 5.41) is 1.42. The maximum atomic E-state index is 13.5. The Hall–Kier alpha value is -7.75. The van der Waals surface area contributed by atoms with Crippen molar-refractivity contribution in [2.24, 2.45) is 0 Å². The molecule has 0 saturated carbocycles. The minimum absolute atomic E-state index is 0.0559. The van der Waals surface area contributed by atoms with Crippen molar-refractivity contribution in [3.63, 3.8) is 0 Å². The molecule has 0 amide bonds. The number of fused-ring (bicyclic) bond motifs is 2. The predicted molar refractivity (Wildman–Crippen MR) is 243 cm³/mol. The number of pyridine rings is 1. The van der Waals surface area contributed by atoms with Gasteiger partial charge in [-0.05, 0) is 123 Å². The van der Waals surface area contributed by atoms with Crippen LogP contribution in [0.25, 0.3) is 72.0 Å². The summed E-state index contributed by atoms with van der Waals surface area (Å²) in [6.07, 6.45) is 0. The molecule has 0 aliphatic carbocycles. The predicted octanol–water partition coefficient (Wildman–Crippen LogP) is 14.3. The van der Waals surface area contributed by atoms with E-state index in [4.69, 9.17) is 0 Å². The molecule has 9 aromatic carbocycles. The molecule has 0 aliphatic rings. The highest BCUT2D eigenvalue weighted by Gasteiger charge is 2.16. The molecule has 3 nitrogen and oxygen atoms in total. The molecule has 0 aliphatic heterocycles. The van der Waals surface area contributed by atoms with Gasteiger partial charge in [-0.1, -0.05) is 152 Å². The van der Waals surface area contributed by atoms with Crippen molar-refractivity contribution in [1.29, 1.82) is 0 Å². The Morgan fingerprint density at radius 1 is 0.293 bits per heavy atom. The van der Waals surface area contributed by atoms with Gasteiger partial charge in [-0.2, -0.15) is 0 Å². The van der Waals surface area contributed by atoms with E-state index in [9.17, 15) is 4.79 Å². The molecule has 10 aromatic rings. The third-order valence-electron chi connectivity index (χ3n) is 11.0. The molecule has 0 fully saturated rings. The van der Waals surface area contributed by atoms with E-state index in [2.05, 4.69) is 191 Å². The van der Waals surface area contributed by atoms with E-state index in [0.717, 1.165) is 44.9 Å². The molecule has 0 atom stereocenters. The van der Waals surface area contributed by atoms with Gasteiger partial charge in [-0.15, -0.1) is 0 Å². The number of aromatic nitrogens is 1. The Morgan fingerprint density at radius 2 is 0.638 bits per heavy atom. The van der Waals surface area contributed by atoms with Crippen LogP contribution in [0.5, 0.6) is 0 Å². The standard InChI is InChI=1S/C55H38N2O/c58-55-51-21-7-9-23-53(51)57(54-24-10-8-22-52(54)55)50-20-12-19-46(38-50)43-29-35-49(36-30-43)56(47-31-25-41(26-32-47)39-13-3-1-4-14-39)48-33-27-42(28-34-48)45-18-11-17-44(37-45)40-15-5-2-6-16-40/h1-38H. The maximum absolute atomic E-state index is 13.5. The van der Waals surface area contributed by atoms with E-state index in [1.807, 2.05) is 48.5 Å². The van der Waals surface area contributed by atoms with Crippen molar-refractivity contribution in [1.82, 2.24) is 4.57 Å². The summed E-state index contributed by atoms with van der Waals surface area (Å²) in [4.78, 5) is 15.8. The molecule has 1 heterocycles. The summed E-state index contributed by atoms with van der Waals surface area (Å²) in [7, 11) is 0. The summed E-state index contributed by atoms with van der Waals surface area (Å²) < 4.78 is 2.20. The van der Waals surface area contributed by atoms with Crippen molar-refractivity contribution in [3.8, 4) is 50.2 Å². The van der Waals surface area contributed by atoms with Gasteiger partial charge in [-0.3, -0.25) is 4.79 Å². The van der Waals surface area contributed by atoms with E-state index in [1.54, 1.807) is 0 Å². The third-order valence-corrected chi connectivity index (χ3v) is 11.0. The molecular formula is C55H38N2O. The lowest BCUT2D eigenvalue weighted by Crippen LogP contribution is -2.10. The van der Waals surface area contributed by atoms with Crippen LogP contribution in [0.1, 0.15) is 0 Å². The minimum Gasteiger partial charge on any atom is -0.311 e. The molecule has 58 heavy (non-hydrogen) atoms. The molecule has 0 spiro atoms. The lowest BCUT2D eigenvalue weighted by molar-refractivity contribution is 1.16. The van der Waals surface area contributed by atoms with Crippen LogP contribution >= 0.6 is 0 Å². The van der Waals surface area contributed by atoms with Crippen molar-refractivity contribution in [2.75, 3.05) is 4.90 Å². The Morgan fingerprint density at radius 3 is 1.12 bits per heavy atom. The summed E-state index contributed by atoms with van der Waals surface area (Å²) in [5.74, 6) is 0. The highest BCUT2D eigenvalue weighted by molar-refractivity contribution is 5.95. The number of para-hydroxylation sites is 2. The molecular weight excluding hydrogens is 705 g/mol. The average Bonchev–Trinajstić information content (AvgIpc) is 3.31. The summed E-state index contributed by atoms with van der Waals surface area (Å²) in [6, 6.07) is 80.6. The van der Waals surface area contributed by atoms with Gasteiger partial charge in [0.15, 0.2) is 5.43 Å². The number of rotatable bonds is 8. The second-order valence-corrected chi connectivity index (χ2v) is 14.5. The normalized spacial score (nSPS) is 11.2. The fourth-order valence-corrected chi connectivity index (χ4v) is 8.09. The van der Waals surface area contributed by atoms with Crippen molar-refractivity contribution in [2.45, 2.75) is 0 Å². The van der Waals surface area contributed by atoms with Crippen LogP contribution in [0.4, 0.5) is 17.1 Å². The first kappa shape index (κ1) is 34.7. The lowest BCUT2D eigenvalue weighted by atomic mass is 9.98. The highest BCUT2D eigenvalue weighted by Crippen LogP contribution is 2.38. The van der Waals surface area contributed by atoms with Crippen LogP contribution in [-0.4, -0.2) is 4.57 Å². The van der Waals surface area contributed by atoms with Crippen LogP contribution in [0, 0.1) is 0 Å². The van der Waals surface area contributed by atoms with Crippen molar-refractivity contribution >= 4 is 38.9 Å². The topological polar surface area (TPSA) is 25.2 Å². The van der Waals surface area contributed by atoms with Crippen LogP contribution in [0.2, 0.25) is 0 Å². The van der Waals surface area contributed by atoms with Gasteiger partial charge in [-0.25, -0.2) is 0 Å². The van der Waals surface area contributed by atoms with Gasteiger partial charge in [0.05, 0.1) is 11.0 Å². The monoisotopic (exact) mass is 742 g/mol. The fourth-order valence-electron chi connectivity index (χ4n) is 8.09. The zero-order valence-corrected chi connectivity index (χ0v) is 31.7. The first-order valence-corrected chi connectivity index (χ1v) is 19.6. The Bertz CT molecular complexity index is 3040. The van der Waals surface area contributed by atoms with Gasteiger partial charge < -0.3 is 9.47 Å². The minimum atomic E-state index is 0.0559. The number of hydrogen-bond acceptors (Lipinski definition) is 2. The van der Waals surface area contributed by atoms with E-state index in [-0.39, 0.29) is 5.43 Å². The van der Waals surface area contributed by atoms with Crippen LogP contribution in [-0.2, 0) is 0 Å². The molecule has 3 heteroatoms. The fraction of sp³-hybridized carbons (Fsp3) is 0. The summed E-state index contributed by atoms with van der Waals surface area (Å²) in [5.41, 5.74) is 15.4. The van der Waals surface area contributed by atoms with Crippen LogP contribution < -0.4 is 10.3 Å². The van der Waals surface area contributed by atoms with Gasteiger partial charge >= 0.3 is 0 Å². The van der Waals surface area contributed by atoms with Gasteiger partial charge in [0.1, 0.15) is 0 Å². The molecule has 274 valence electrons. The molecule has 0 bridgehead atoms. The molecule has 10 rings (SSSR count). The second kappa shape index (κ2) is 15.1. The first-order valence-electron chi connectivity index (χ1n) is 19.6. The van der Waals surface area contributed by atoms with Crippen LogP contribution in [0.15, 0.2) is 235 Å². The Labute approximate surface area is 338 Å². The average molecular weight is 743 g/mol. The number of benzene rings is 9. The summed E-state index contributed by atoms with van der Waals surface area (Å²) in [6.45, 7) is 0. The van der Waals surface area contributed by atoms with Crippen molar-refractivity contribution < 1.29 is 0 Å². The van der Waals surface area contributed by atoms with E-state index in [0.29, 0.717) is 10.8 Å². The zero-order valence-electron chi connectivity index (χ0n) is 31.7. The highest BCUT2D eigenvalue weighted by atomic mass is 16.1. The van der Waals surface area contributed by atoms with Crippen molar-refractivity contribution in [3.05, 3.63) is 241 Å². The molecule has 0 N–H and O–H groups in total. The molecule has 0 saturated heterocycles. The van der Waals surface area contributed by atoms with Gasteiger partial charge in [0.2, 0.25) is 0 Å². The number of nitrogens with zero attached hydrogens (tertiary/aromatic N) is 2. The Kier molecular flexibility index (Phi) is 9.02. The largest absolute Gasteiger partial charge is 0.311 e. The van der Waals surface area contributed by atoms with Gasteiger partial charge in [0, 0.05) is 33.5 Å². The molecule has 0 unspecified atom stereocenters. The lowest BCUT2D eigenvalue weighted by Gasteiger charge is -2.26. The Balaban J connectivity index is 1.02. The smallest absolute Gasteiger partial charge is 0.197 e. The first-order chi connectivity index (χ1) is 28.7. The number of anilines is 3. The third kappa shape index (κ3) is 6.55. The van der Waals surface area contributed by atoms with Gasteiger partial charge in [0.25, 0.3) is 0 Å². The van der Waals surface area contributed by atoms with E-state index >= 15 is 0 Å². The summed E-state index contributed by atoms with van der Waals surface area (Å²) >= 11 is 0. The zero-order chi connectivity index (χ0) is 38.8. The second-order valence-electron chi connectivity index (χ2n) is 14.5. The van der Waals surface area contributed by atoms with E-state index in [1.165, 1.54) is 33.4 Å². The van der Waals surface area contributed by atoms with E-state index < -0.39 is 0 Å².